The second kappa shape index (κ2) is 11.8. The monoisotopic (exact) mass is 786 g/mol. The van der Waals surface area contributed by atoms with Gasteiger partial charge in [0, 0.05) is 10.8 Å². The summed E-state index contributed by atoms with van der Waals surface area (Å²) in [6, 6.07) is 69.6. The molecule has 12 aromatic carbocycles. The van der Waals surface area contributed by atoms with E-state index in [0.29, 0.717) is 0 Å². The van der Waals surface area contributed by atoms with Crippen LogP contribution in [0.25, 0.3) is 120 Å². The second-order valence-corrected chi connectivity index (χ2v) is 19.0. The third-order valence-corrected chi connectivity index (χ3v) is 15.4. The lowest BCUT2D eigenvalue weighted by atomic mass is 9.77. The molecule has 290 valence electrons. The summed E-state index contributed by atoms with van der Waals surface area (Å²) in [6.07, 6.45) is 0. The third kappa shape index (κ3) is 4.13. The molecule has 12 aromatic rings. The Morgan fingerprint density at radius 1 is 0.242 bits per heavy atom. The van der Waals surface area contributed by atoms with Crippen LogP contribution in [0.5, 0.6) is 0 Å². The average Bonchev–Trinajstić information content (AvgIpc) is 3.69. The highest BCUT2D eigenvalue weighted by molar-refractivity contribution is 6.35. The van der Waals surface area contributed by atoms with Crippen molar-refractivity contribution >= 4 is 75.4 Å². The fourth-order valence-electron chi connectivity index (χ4n) is 12.7. The van der Waals surface area contributed by atoms with Crippen LogP contribution in [0.4, 0.5) is 0 Å². The van der Waals surface area contributed by atoms with Gasteiger partial charge in [-0.3, -0.25) is 0 Å². The molecule has 0 fully saturated rings. The number of hydrogen-bond acceptors (Lipinski definition) is 0. The molecule has 0 aliphatic heterocycles. The lowest BCUT2D eigenvalue weighted by molar-refractivity contribution is 0.660. The molecule has 62 heavy (non-hydrogen) atoms. The van der Waals surface area contributed by atoms with Gasteiger partial charge < -0.3 is 0 Å². The van der Waals surface area contributed by atoms with Crippen molar-refractivity contribution in [2.75, 3.05) is 0 Å². The van der Waals surface area contributed by atoms with Crippen molar-refractivity contribution in [2.45, 2.75) is 38.5 Å². The Kier molecular flexibility index (Phi) is 6.53. The minimum Gasteiger partial charge on any atom is -0.0619 e. The summed E-state index contributed by atoms with van der Waals surface area (Å²) in [6.45, 7) is 9.69. The molecule has 14 rings (SSSR count). The Balaban J connectivity index is 1.14. The predicted octanol–water partition coefficient (Wildman–Crippen LogP) is 17.1. The number of hydrogen-bond donors (Lipinski definition) is 0. The summed E-state index contributed by atoms with van der Waals surface area (Å²) >= 11 is 0. The quantitative estimate of drug-likeness (QED) is 0.121. The van der Waals surface area contributed by atoms with Crippen molar-refractivity contribution in [1.82, 2.24) is 0 Å². The summed E-state index contributed by atoms with van der Waals surface area (Å²) in [7, 11) is 0. The Bertz CT molecular complexity index is 3840. The van der Waals surface area contributed by atoms with Gasteiger partial charge in [-0.2, -0.15) is 0 Å². The molecule has 0 saturated heterocycles. The molecule has 0 spiro atoms. The highest BCUT2D eigenvalue weighted by atomic mass is 14.4. The van der Waals surface area contributed by atoms with E-state index in [1.807, 2.05) is 0 Å². The zero-order valence-corrected chi connectivity index (χ0v) is 35.3. The van der Waals surface area contributed by atoms with E-state index in [1.165, 1.54) is 142 Å². The van der Waals surface area contributed by atoms with E-state index in [2.05, 4.69) is 210 Å². The van der Waals surface area contributed by atoms with Crippen LogP contribution in [0.1, 0.15) is 49.9 Å². The van der Waals surface area contributed by atoms with Crippen LogP contribution in [-0.2, 0) is 10.8 Å². The van der Waals surface area contributed by atoms with Crippen molar-refractivity contribution in [2.24, 2.45) is 0 Å². The molecule has 0 bridgehead atoms. The molecular formula is C62H42. The van der Waals surface area contributed by atoms with Gasteiger partial charge in [-0.15, -0.1) is 0 Å². The SMILES string of the molecule is CC1(C)c2ccccc2-c2c1ccc1c(-c3c4ccccc4c(-c4ccc5c6cccc7cccc(c8cccc4c85)c76)c4ccccc34)cc3c(c21)-c1ccccc1C3(C)C. The van der Waals surface area contributed by atoms with Crippen molar-refractivity contribution in [3.63, 3.8) is 0 Å². The second-order valence-electron chi connectivity index (χ2n) is 19.0. The summed E-state index contributed by atoms with van der Waals surface area (Å²) in [5.74, 6) is 0. The van der Waals surface area contributed by atoms with E-state index in [0.717, 1.165) is 0 Å². The van der Waals surface area contributed by atoms with Crippen molar-refractivity contribution < 1.29 is 0 Å². The smallest absolute Gasteiger partial charge is 0.0159 e. The fraction of sp³-hybridized carbons (Fsp3) is 0.0968. The molecule has 0 amide bonds. The van der Waals surface area contributed by atoms with Gasteiger partial charge in [0.25, 0.3) is 0 Å². The van der Waals surface area contributed by atoms with Gasteiger partial charge >= 0.3 is 0 Å². The van der Waals surface area contributed by atoms with Crippen LogP contribution in [0.3, 0.4) is 0 Å². The van der Waals surface area contributed by atoms with E-state index < -0.39 is 0 Å². The average molecular weight is 787 g/mol. The topological polar surface area (TPSA) is 0 Å². The molecule has 0 unspecified atom stereocenters. The maximum absolute atomic E-state index is 2.59. The highest BCUT2D eigenvalue weighted by Gasteiger charge is 2.42. The molecule has 0 nitrogen and oxygen atoms in total. The van der Waals surface area contributed by atoms with Crippen LogP contribution in [-0.4, -0.2) is 0 Å². The summed E-state index contributed by atoms with van der Waals surface area (Å²) < 4.78 is 0. The van der Waals surface area contributed by atoms with Crippen LogP contribution >= 0.6 is 0 Å². The van der Waals surface area contributed by atoms with Gasteiger partial charge in [0.1, 0.15) is 0 Å². The van der Waals surface area contributed by atoms with Crippen LogP contribution in [0, 0.1) is 0 Å². The van der Waals surface area contributed by atoms with Gasteiger partial charge in [-0.05, 0) is 148 Å². The fourth-order valence-corrected chi connectivity index (χ4v) is 12.7. The van der Waals surface area contributed by atoms with Crippen LogP contribution in [0.2, 0.25) is 0 Å². The first-order valence-electron chi connectivity index (χ1n) is 22.2. The Morgan fingerprint density at radius 3 is 1.27 bits per heavy atom. The predicted molar refractivity (Wildman–Crippen MR) is 266 cm³/mol. The largest absolute Gasteiger partial charge is 0.0619 e. The summed E-state index contributed by atoms with van der Waals surface area (Å²) in [5, 5.41) is 18.4. The van der Waals surface area contributed by atoms with E-state index in [9.17, 15) is 0 Å². The van der Waals surface area contributed by atoms with Gasteiger partial charge in [-0.25, -0.2) is 0 Å². The molecule has 0 heteroatoms. The molecule has 0 radical (unpaired) electrons. The van der Waals surface area contributed by atoms with Gasteiger partial charge in [0.15, 0.2) is 0 Å². The first-order chi connectivity index (χ1) is 30.3. The molecule has 0 N–H and O–H groups in total. The molecule has 2 aliphatic carbocycles. The van der Waals surface area contributed by atoms with E-state index in [4.69, 9.17) is 0 Å². The normalized spacial score (nSPS) is 14.7. The molecular weight excluding hydrogens is 745 g/mol. The molecule has 2 aliphatic rings. The lowest BCUT2D eigenvalue weighted by Crippen LogP contribution is -2.15. The van der Waals surface area contributed by atoms with Gasteiger partial charge in [0.05, 0.1) is 0 Å². The molecule has 0 heterocycles. The first kappa shape index (κ1) is 34.4. The summed E-state index contributed by atoms with van der Waals surface area (Å²) in [5.41, 5.74) is 16.1. The standard InChI is InChI=1S/C62H42/c1-61(2)50-28-11-9-22-47(50)58-52(61)33-32-46-49(34-53-59(60(46)58)48-23-10-12-29-51(48)62(53,3)4)57-40-20-7-5-18-38(40)55(39-19-6-8-21-41(39)57)45-31-30-44-37-25-14-17-35-16-13-24-36(54(35)37)42-26-15-27-43(45)56(42)44/h5-34H,1-4H3. The zero-order valence-electron chi connectivity index (χ0n) is 35.3. The summed E-state index contributed by atoms with van der Waals surface area (Å²) in [4.78, 5) is 0. The van der Waals surface area contributed by atoms with E-state index in [-0.39, 0.29) is 10.8 Å². The molecule has 0 aromatic heterocycles. The maximum Gasteiger partial charge on any atom is 0.0159 e. The van der Waals surface area contributed by atoms with E-state index >= 15 is 0 Å². The zero-order chi connectivity index (χ0) is 41.2. The minimum atomic E-state index is -0.178. The third-order valence-electron chi connectivity index (χ3n) is 15.4. The van der Waals surface area contributed by atoms with E-state index in [1.54, 1.807) is 0 Å². The van der Waals surface area contributed by atoms with Crippen LogP contribution in [0.15, 0.2) is 182 Å². The van der Waals surface area contributed by atoms with Gasteiger partial charge in [-0.1, -0.05) is 204 Å². The number of rotatable bonds is 2. The van der Waals surface area contributed by atoms with Gasteiger partial charge in [0.2, 0.25) is 0 Å². The van der Waals surface area contributed by atoms with Crippen molar-refractivity contribution in [3.05, 3.63) is 204 Å². The van der Waals surface area contributed by atoms with Crippen molar-refractivity contribution in [3.8, 4) is 44.5 Å². The first-order valence-corrected chi connectivity index (χ1v) is 22.2. The van der Waals surface area contributed by atoms with Crippen molar-refractivity contribution in [1.29, 1.82) is 0 Å². The Morgan fingerprint density at radius 2 is 0.661 bits per heavy atom. The number of benzene rings is 12. The molecule has 0 saturated carbocycles. The Labute approximate surface area is 361 Å². The minimum absolute atomic E-state index is 0.106. The number of fused-ring (bicyclic) bond motifs is 13. The Hall–Kier alpha value is -7.28. The maximum atomic E-state index is 2.59. The lowest BCUT2D eigenvalue weighted by Gasteiger charge is -2.26. The highest BCUT2D eigenvalue weighted by Crippen LogP contribution is 2.60. The molecule has 0 atom stereocenters. The van der Waals surface area contributed by atoms with Crippen LogP contribution < -0.4 is 0 Å².